The molecular weight excluding hydrogens is 310 g/mol. The van der Waals surface area contributed by atoms with E-state index in [-0.39, 0.29) is 11.6 Å². The average molecular weight is 331 g/mol. The molecule has 0 saturated heterocycles. The highest BCUT2D eigenvalue weighted by Gasteiger charge is 2.11. The zero-order chi connectivity index (χ0) is 17.4. The highest BCUT2D eigenvalue weighted by Crippen LogP contribution is 2.14. The van der Waals surface area contributed by atoms with Crippen LogP contribution in [0.2, 0.25) is 0 Å². The van der Waals surface area contributed by atoms with Crippen molar-refractivity contribution >= 4 is 17.6 Å². The quantitative estimate of drug-likeness (QED) is 0.593. The van der Waals surface area contributed by atoms with Crippen LogP contribution in [-0.2, 0) is 14.3 Å². The third-order valence-electron chi connectivity index (χ3n) is 3.24. The van der Waals surface area contributed by atoms with E-state index in [4.69, 9.17) is 9.47 Å². The summed E-state index contributed by atoms with van der Waals surface area (Å²) in [5, 5.41) is 7.00. The fourth-order valence-corrected chi connectivity index (χ4v) is 2.08. The number of benzene rings is 1. The molecule has 2 aromatic rings. The Morgan fingerprint density at radius 2 is 1.96 bits per heavy atom. The number of rotatable bonds is 8. The Labute approximate surface area is 140 Å². The summed E-state index contributed by atoms with van der Waals surface area (Å²) in [6.07, 6.45) is 2.78. The van der Waals surface area contributed by atoms with Crippen molar-refractivity contribution in [2.45, 2.75) is 19.8 Å². The van der Waals surface area contributed by atoms with E-state index in [0.717, 1.165) is 5.69 Å². The number of aromatic nitrogens is 2. The summed E-state index contributed by atoms with van der Waals surface area (Å²) in [5.74, 6) is -0.500. The smallest absolute Gasteiger partial charge is 0.358 e. The van der Waals surface area contributed by atoms with Gasteiger partial charge in [0.2, 0.25) is 5.91 Å². The Hall–Kier alpha value is -2.67. The molecule has 2 rings (SSSR count). The standard InChI is InChI=1S/C17H21N3O4/c1-3-24-17(22)15-10-11-20(19-15)14-8-6-13(7-9-14)18-16(21)5-4-12-23-2/h6-11H,3-5,12H2,1-2H3,(H,18,21). The molecule has 0 atom stereocenters. The van der Waals surface area contributed by atoms with Crippen molar-refractivity contribution in [3.05, 3.63) is 42.2 Å². The number of anilines is 1. The molecule has 0 fully saturated rings. The maximum atomic E-state index is 11.7. The first-order chi connectivity index (χ1) is 11.6. The van der Waals surface area contributed by atoms with Crippen molar-refractivity contribution in [1.82, 2.24) is 9.78 Å². The fourth-order valence-electron chi connectivity index (χ4n) is 2.08. The molecule has 0 radical (unpaired) electrons. The van der Waals surface area contributed by atoms with Crippen molar-refractivity contribution in [3.8, 4) is 5.69 Å². The average Bonchev–Trinajstić information content (AvgIpc) is 3.06. The zero-order valence-corrected chi connectivity index (χ0v) is 13.8. The molecular formula is C17H21N3O4. The van der Waals surface area contributed by atoms with Gasteiger partial charge in [-0.3, -0.25) is 4.79 Å². The second-order valence-corrected chi connectivity index (χ2v) is 5.06. The number of carbonyl (C=O) groups is 2. The number of ether oxygens (including phenoxy) is 2. The van der Waals surface area contributed by atoms with Crippen molar-refractivity contribution in [1.29, 1.82) is 0 Å². The summed E-state index contributed by atoms with van der Waals surface area (Å²) in [6.45, 7) is 2.62. The van der Waals surface area contributed by atoms with Crippen LogP contribution in [0.5, 0.6) is 0 Å². The molecule has 1 amide bonds. The summed E-state index contributed by atoms with van der Waals surface area (Å²) in [6, 6.07) is 8.80. The number of hydrogen-bond acceptors (Lipinski definition) is 5. The summed E-state index contributed by atoms with van der Waals surface area (Å²) in [7, 11) is 1.61. The molecule has 24 heavy (non-hydrogen) atoms. The molecule has 1 aromatic heterocycles. The van der Waals surface area contributed by atoms with Crippen LogP contribution in [0.4, 0.5) is 5.69 Å². The molecule has 7 nitrogen and oxygen atoms in total. The lowest BCUT2D eigenvalue weighted by Crippen LogP contribution is -2.12. The first-order valence-corrected chi connectivity index (χ1v) is 7.76. The Morgan fingerprint density at radius 3 is 2.62 bits per heavy atom. The molecule has 0 aliphatic carbocycles. The monoisotopic (exact) mass is 331 g/mol. The summed E-state index contributed by atoms with van der Waals surface area (Å²) in [5.41, 5.74) is 1.74. The zero-order valence-electron chi connectivity index (χ0n) is 13.8. The van der Waals surface area contributed by atoms with E-state index in [1.54, 1.807) is 43.1 Å². The first kappa shape index (κ1) is 17.7. The second-order valence-electron chi connectivity index (χ2n) is 5.06. The van der Waals surface area contributed by atoms with Crippen LogP contribution in [0.15, 0.2) is 36.5 Å². The normalized spacial score (nSPS) is 10.4. The van der Waals surface area contributed by atoms with Gasteiger partial charge in [-0.15, -0.1) is 0 Å². The molecule has 128 valence electrons. The first-order valence-electron chi connectivity index (χ1n) is 7.76. The highest BCUT2D eigenvalue weighted by atomic mass is 16.5. The van der Waals surface area contributed by atoms with Gasteiger partial charge in [-0.05, 0) is 43.7 Å². The van der Waals surface area contributed by atoms with Gasteiger partial charge >= 0.3 is 5.97 Å². The Bertz CT molecular complexity index is 679. The highest BCUT2D eigenvalue weighted by molar-refractivity contribution is 5.90. The largest absolute Gasteiger partial charge is 0.461 e. The minimum absolute atomic E-state index is 0.0523. The van der Waals surface area contributed by atoms with Crippen molar-refractivity contribution in [2.24, 2.45) is 0 Å². The van der Waals surface area contributed by atoms with Crippen LogP contribution >= 0.6 is 0 Å². The van der Waals surface area contributed by atoms with Gasteiger partial charge in [-0.25, -0.2) is 9.48 Å². The Kier molecular flexibility index (Phi) is 6.51. The molecule has 0 saturated carbocycles. The van der Waals surface area contributed by atoms with Crippen LogP contribution in [0.3, 0.4) is 0 Å². The predicted molar refractivity (Wildman–Crippen MR) is 89.3 cm³/mol. The van der Waals surface area contributed by atoms with E-state index in [9.17, 15) is 9.59 Å². The third kappa shape index (κ3) is 4.92. The second kappa shape index (κ2) is 8.83. The summed E-state index contributed by atoms with van der Waals surface area (Å²) in [4.78, 5) is 23.4. The van der Waals surface area contributed by atoms with Crippen molar-refractivity contribution < 1.29 is 19.1 Å². The number of carbonyl (C=O) groups excluding carboxylic acids is 2. The SMILES string of the molecule is CCOC(=O)c1ccn(-c2ccc(NC(=O)CCCOC)cc2)n1. The number of hydrogen-bond donors (Lipinski definition) is 1. The van der Waals surface area contributed by atoms with Gasteiger partial charge in [-0.1, -0.05) is 0 Å². The molecule has 0 spiro atoms. The van der Waals surface area contributed by atoms with Gasteiger partial charge < -0.3 is 14.8 Å². The lowest BCUT2D eigenvalue weighted by Gasteiger charge is -2.07. The van der Waals surface area contributed by atoms with E-state index in [1.807, 2.05) is 12.1 Å². The van der Waals surface area contributed by atoms with E-state index in [1.165, 1.54) is 0 Å². The van der Waals surface area contributed by atoms with Gasteiger partial charge in [0, 0.05) is 32.0 Å². The molecule has 0 aliphatic rings. The molecule has 0 bridgehead atoms. The number of nitrogens with zero attached hydrogens (tertiary/aromatic N) is 2. The number of amides is 1. The van der Waals surface area contributed by atoms with Crippen LogP contribution in [0, 0.1) is 0 Å². The number of methoxy groups -OCH3 is 1. The van der Waals surface area contributed by atoms with Crippen molar-refractivity contribution in [2.75, 3.05) is 25.6 Å². The fraction of sp³-hybridized carbons (Fsp3) is 0.353. The van der Waals surface area contributed by atoms with Gasteiger partial charge in [-0.2, -0.15) is 5.10 Å². The number of nitrogens with one attached hydrogen (secondary N) is 1. The topological polar surface area (TPSA) is 82.5 Å². The van der Waals surface area contributed by atoms with Crippen LogP contribution in [-0.4, -0.2) is 42.0 Å². The third-order valence-corrected chi connectivity index (χ3v) is 3.24. The Balaban J connectivity index is 1.96. The van der Waals surface area contributed by atoms with Gasteiger partial charge in [0.15, 0.2) is 5.69 Å². The molecule has 1 N–H and O–H groups in total. The molecule has 1 heterocycles. The van der Waals surface area contributed by atoms with Gasteiger partial charge in [0.1, 0.15) is 0 Å². The lowest BCUT2D eigenvalue weighted by molar-refractivity contribution is -0.116. The Morgan fingerprint density at radius 1 is 1.21 bits per heavy atom. The number of esters is 1. The molecule has 0 aliphatic heterocycles. The maximum Gasteiger partial charge on any atom is 0.358 e. The van der Waals surface area contributed by atoms with Crippen LogP contribution < -0.4 is 5.32 Å². The minimum Gasteiger partial charge on any atom is -0.461 e. The summed E-state index contributed by atoms with van der Waals surface area (Å²) >= 11 is 0. The molecule has 1 aromatic carbocycles. The molecule has 0 unspecified atom stereocenters. The minimum atomic E-state index is -0.448. The van der Waals surface area contributed by atoms with Crippen LogP contribution in [0.1, 0.15) is 30.3 Å². The maximum absolute atomic E-state index is 11.7. The summed E-state index contributed by atoms with van der Waals surface area (Å²) < 4.78 is 11.4. The predicted octanol–water partition coefficient (Wildman–Crippen LogP) is 2.41. The van der Waals surface area contributed by atoms with E-state index >= 15 is 0 Å². The van der Waals surface area contributed by atoms with E-state index in [0.29, 0.717) is 31.7 Å². The van der Waals surface area contributed by atoms with Gasteiger partial charge in [0.25, 0.3) is 0 Å². The van der Waals surface area contributed by atoms with E-state index in [2.05, 4.69) is 10.4 Å². The molecule has 7 heteroatoms. The van der Waals surface area contributed by atoms with Crippen molar-refractivity contribution in [3.63, 3.8) is 0 Å². The lowest BCUT2D eigenvalue weighted by atomic mass is 10.2. The van der Waals surface area contributed by atoms with Crippen LogP contribution in [0.25, 0.3) is 5.69 Å². The van der Waals surface area contributed by atoms with E-state index < -0.39 is 5.97 Å². The van der Waals surface area contributed by atoms with Gasteiger partial charge in [0.05, 0.1) is 12.3 Å².